The lowest BCUT2D eigenvalue weighted by molar-refractivity contribution is -0.139. The van der Waals surface area contributed by atoms with Gasteiger partial charge in [0.2, 0.25) is 0 Å². The van der Waals surface area contributed by atoms with Crippen LogP contribution in [0.25, 0.3) is 0 Å². The average molecular weight is 407 g/mol. The van der Waals surface area contributed by atoms with Gasteiger partial charge in [-0.05, 0) is 36.8 Å². The van der Waals surface area contributed by atoms with Gasteiger partial charge in [0.15, 0.2) is 0 Å². The van der Waals surface area contributed by atoms with Gasteiger partial charge >= 0.3 is 11.8 Å². The summed E-state index contributed by atoms with van der Waals surface area (Å²) in [5.41, 5.74) is 3.77. The molecule has 1 heterocycles. The summed E-state index contributed by atoms with van der Waals surface area (Å²) in [6.07, 6.45) is 3.84. The van der Waals surface area contributed by atoms with E-state index in [0.29, 0.717) is 13.1 Å². The summed E-state index contributed by atoms with van der Waals surface area (Å²) in [7, 11) is 0. The molecular formula is C17H19BrN4O3. The van der Waals surface area contributed by atoms with Crippen molar-refractivity contribution in [2.45, 2.75) is 19.9 Å². The summed E-state index contributed by atoms with van der Waals surface area (Å²) >= 11 is 3.40. The van der Waals surface area contributed by atoms with E-state index in [1.165, 1.54) is 6.21 Å². The smallest absolute Gasteiger partial charge is 0.329 e. The zero-order chi connectivity index (χ0) is 18.1. The largest absolute Gasteiger partial charge is 0.467 e. The molecule has 0 bridgehead atoms. The Balaban J connectivity index is 1.98. The van der Waals surface area contributed by atoms with Crippen LogP contribution in [0.2, 0.25) is 0 Å². The van der Waals surface area contributed by atoms with E-state index in [4.69, 9.17) is 4.42 Å². The molecule has 132 valence electrons. The number of benzene rings is 1. The van der Waals surface area contributed by atoms with Crippen LogP contribution in [0.4, 0.5) is 5.69 Å². The first-order valence-corrected chi connectivity index (χ1v) is 8.56. The third-order valence-corrected chi connectivity index (χ3v) is 3.65. The Morgan fingerprint density at radius 3 is 2.84 bits per heavy atom. The molecular weight excluding hydrogens is 388 g/mol. The second-order valence-corrected chi connectivity index (χ2v) is 6.04. The van der Waals surface area contributed by atoms with Gasteiger partial charge in [-0.1, -0.05) is 22.9 Å². The first-order chi connectivity index (χ1) is 12.1. The standard InChI is InChI=1S/C17H19BrN4O3/c1-2-7-19-16(23)17(24)22-21-10-12-9-13(18)5-6-15(12)20-11-14-4-3-8-25-14/h3-6,8-10,20H,2,7,11H2,1H3,(H,19,23)(H,22,24)/b21-10-. The maximum atomic E-state index is 11.6. The van der Waals surface area contributed by atoms with Gasteiger partial charge in [-0.3, -0.25) is 9.59 Å². The number of anilines is 1. The third kappa shape index (κ3) is 6.07. The highest BCUT2D eigenvalue weighted by Crippen LogP contribution is 2.20. The molecule has 0 unspecified atom stereocenters. The van der Waals surface area contributed by atoms with Gasteiger partial charge in [-0.25, -0.2) is 5.43 Å². The van der Waals surface area contributed by atoms with Gasteiger partial charge in [0, 0.05) is 22.3 Å². The molecule has 2 rings (SSSR count). The monoisotopic (exact) mass is 406 g/mol. The van der Waals surface area contributed by atoms with E-state index in [0.717, 1.165) is 27.9 Å². The van der Waals surface area contributed by atoms with Gasteiger partial charge in [-0.15, -0.1) is 0 Å². The lowest BCUT2D eigenvalue weighted by atomic mass is 10.2. The predicted octanol–water partition coefficient (Wildman–Crippen LogP) is 2.63. The van der Waals surface area contributed by atoms with Crippen LogP contribution in [0.5, 0.6) is 0 Å². The van der Waals surface area contributed by atoms with Crippen LogP contribution in [0.3, 0.4) is 0 Å². The quantitative estimate of drug-likeness (QED) is 0.374. The van der Waals surface area contributed by atoms with Crippen molar-refractivity contribution in [3.63, 3.8) is 0 Å². The number of hydrogen-bond acceptors (Lipinski definition) is 5. The van der Waals surface area contributed by atoms with Crippen molar-refractivity contribution >= 4 is 39.6 Å². The van der Waals surface area contributed by atoms with E-state index in [1.807, 2.05) is 37.3 Å². The van der Waals surface area contributed by atoms with Crippen molar-refractivity contribution in [2.24, 2.45) is 5.10 Å². The maximum absolute atomic E-state index is 11.6. The van der Waals surface area contributed by atoms with Gasteiger partial charge in [0.1, 0.15) is 5.76 Å². The molecule has 2 aromatic rings. The van der Waals surface area contributed by atoms with Gasteiger partial charge in [0.05, 0.1) is 19.0 Å². The molecule has 1 aromatic heterocycles. The first kappa shape index (κ1) is 18.7. The van der Waals surface area contributed by atoms with Gasteiger partial charge in [-0.2, -0.15) is 5.10 Å². The summed E-state index contributed by atoms with van der Waals surface area (Å²) in [5.74, 6) is -0.707. The molecule has 25 heavy (non-hydrogen) atoms. The topological polar surface area (TPSA) is 95.7 Å². The SMILES string of the molecule is CCCNC(=O)C(=O)N/N=C\c1cc(Br)ccc1NCc1ccco1. The number of nitrogens with one attached hydrogen (secondary N) is 3. The van der Waals surface area contributed by atoms with E-state index in [9.17, 15) is 9.59 Å². The van der Waals surface area contributed by atoms with Crippen LogP contribution in [-0.2, 0) is 16.1 Å². The van der Waals surface area contributed by atoms with Crippen molar-refractivity contribution in [1.82, 2.24) is 10.7 Å². The number of furan rings is 1. The second kappa shape index (κ2) is 9.63. The Bertz CT molecular complexity index is 744. The zero-order valence-electron chi connectivity index (χ0n) is 13.7. The van der Waals surface area contributed by atoms with Gasteiger partial charge in [0.25, 0.3) is 0 Å². The minimum atomic E-state index is -0.801. The van der Waals surface area contributed by atoms with Crippen LogP contribution in [0.1, 0.15) is 24.7 Å². The maximum Gasteiger partial charge on any atom is 0.329 e. The molecule has 0 saturated heterocycles. The Hall–Kier alpha value is -2.61. The number of amides is 2. The lowest BCUT2D eigenvalue weighted by Gasteiger charge is -2.09. The van der Waals surface area contributed by atoms with E-state index < -0.39 is 11.8 Å². The number of hydrogen-bond donors (Lipinski definition) is 3. The number of nitrogens with zero attached hydrogens (tertiary/aromatic N) is 1. The molecule has 8 heteroatoms. The highest BCUT2D eigenvalue weighted by molar-refractivity contribution is 9.10. The minimum Gasteiger partial charge on any atom is -0.467 e. The van der Waals surface area contributed by atoms with Crippen molar-refractivity contribution < 1.29 is 14.0 Å². The third-order valence-electron chi connectivity index (χ3n) is 3.16. The fourth-order valence-corrected chi connectivity index (χ4v) is 2.31. The molecule has 0 fully saturated rings. The van der Waals surface area contributed by atoms with Crippen molar-refractivity contribution in [2.75, 3.05) is 11.9 Å². The molecule has 7 nitrogen and oxygen atoms in total. The fraction of sp³-hybridized carbons (Fsp3) is 0.235. The highest BCUT2D eigenvalue weighted by atomic mass is 79.9. The number of carbonyl (C=O) groups excluding carboxylic acids is 2. The summed E-state index contributed by atoms with van der Waals surface area (Å²) in [4.78, 5) is 23.1. The minimum absolute atomic E-state index is 0.447. The number of halogens is 1. The van der Waals surface area contributed by atoms with E-state index in [-0.39, 0.29) is 0 Å². The van der Waals surface area contributed by atoms with Crippen molar-refractivity contribution in [3.05, 3.63) is 52.4 Å². The van der Waals surface area contributed by atoms with Crippen LogP contribution in [0.15, 0.2) is 50.6 Å². The van der Waals surface area contributed by atoms with Crippen LogP contribution >= 0.6 is 15.9 Å². The summed E-state index contributed by atoms with van der Waals surface area (Å²) < 4.78 is 6.15. The summed E-state index contributed by atoms with van der Waals surface area (Å²) in [5, 5.41) is 9.56. The first-order valence-electron chi connectivity index (χ1n) is 7.77. The Morgan fingerprint density at radius 1 is 1.28 bits per heavy atom. The molecule has 0 aliphatic heterocycles. The van der Waals surface area contributed by atoms with Crippen LogP contribution in [-0.4, -0.2) is 24.6 Å². The van der Waals surface area contributed by atoms with Crippen LogP contribution in [0, 0.1) is 0 Å². The normalized spacial score (nSPS) is 10.6. The Kier molecular flexibility index (Phi) is 7.21. The Morgan fingerprint density at radius 2 is 2.12 bits per heavy atom. The van der Waals surface area contributed by atoms with E-state index >= 15 is 0 Å². The lowest BCUT2D eigenvalue weighted by Crippen LogP contribution is -2.38. The Labute approximate surface area is 154 Å². The molecule has 0 atom stereocenters. The summed E-state index contributed by atoms with van der Waals surface area (Å²) in [6, 6.07) is 9.30. The van der Waals surface area contributed by atoms with E-state index in [1.54, 1.807) is 6.26 Å². The molecule has 2 amide bonds. The highest BCUT2D eigenvalue weighted by Gasteiger charge is 2.11. The molecule has 3 N–H and O–H groups in total. The molecule has 0 aliphatic rings. The second-order valence-electron chi connectivity index (χ2n) is 5.12. The van der Waals surface area contributed by atoms with Crippen molar-refractivity contribution in [1.29, 1.82) is 0 Å². The predicted molar refractivity (Wildman–Crippen MR) is 99.2 cm³/mol. The molecule has 0 saturated carbocycles. The van der Waals surface area contributed by atoms with Crippen molar-refractivity contribution in [3.8, 4) is 0 Å². The molecule has 0 radical (unpaired) electrons. The summed E-state index contributed by atoms with van der Waals surface area (Å²) in [6.45, 7) is 2.87. The average Bonchev–Trinajstić information content (AvgIpc) is 3.12. The zero-order valence-corrected chi connectivity index (χ0v) is 15.3. The number of rotatable bonds is 7. The number of carbonyl (C=O) groups is 2. The van der Waals surface area contributed by atoms with Crippen LogP contribution < -0.4 is 16.1 Å². The van der Waals surface area contributed by atoms with E-state index in [2.05, 4.69) is 37.1 Å². The number of hydrazone groups is 1. The molecule has 1 aromatic carbocycles. The fourth-order valence-electron chi connectivity index (χ4n) is 1.93. The molecule has 0 aliphatic carbocycles. The van der Waals surface area contributed by atoms with Gasteiger partial charge < -0.3 is 15.1 Å². The molecule has 0 spiro atoms.